The van der Waals surface area contributed by atoms with Crippen molar-refractivity contribution in [2.75, 3.05) is 6.54 Å². The second-order valence-electron chi connectivity index (χ2n) is 5.87. The van der Waals surface area contributed by atoms with Gasteiger partial charge < -0.3 is 9.47 Å². The number of amides is 1. The maximum absolute atomic E-state index is 13.4. The number of fused-ring (bicyclic) bond motifs is 1. The zero-order valence-electron chi connectivity index (χ0n) is 13.7. The number of aromatic nitrogens is 5. The molecule has 4 rings (SSSR count). The molecule has 1 atom stereocenters. The Morgan fingerprint density at radius 1 is 1.32 bits per heavy atom. The maximum Gasteiger partial charge on any atom is 0.254 e. The number of aryl methyl sites for hydroxylation is 1. The van der Waals surface area contributed by atoms with Gasteiger partial charge in [0, 0.05) is 18.7 Å². The van der Waals surface area contributed by atoms with Crippen molar-refractivity contribution in [3.63, 3.8) is 0 Å². The van der Waals surface area contributed by atoms with Crippen LogP contribution in [0.1, 0.15) is 35.0 Å². The van der Waals surface area contributed by atoms with Crippen molar-refractivity contribution in [2.45, 2.75) is 26.4 Å². The van der Waals surface area contributed by atoms with E-state index in [1.54, 1.807) is 11.0 Å². The van der Waals surface area contributed by atoms with E-state index in [1.165, 1.54) is 29.7 Å². The molecule has 0 radical (unpaired) electrons. The number of rotatable bonds is 2. The third kappa shape index (κ3) is 2.70. The van der Waals surface area contributed by atoms with Gasteiger partial charge in [-0.2, -0.15) is 4.37 Å². The van der Waals surface area contributed by atoms with Crippen LogP contribution in [-0.2, 0) is 6.54 Å². The van der Waals surface area contributed by atoms with Crippen LogP contribution in [0, 0.1) is 12.7 Å². The molecule has 3 heterocycles. The molecular formula is C16H15FN6OS. The van der Waals surface area contributed by atoms with Crippen LogP contribution in [0.15, 0.2) is 24.3 Å². The largest absolute Gasteiger partial charge is 0.327 e. The first kappa shape index (κ1) is 15.8. The van der Waals surface area contributed by atoms with E-state index in [4.69, 9.17) is 0 Å². The molecule has 3 aromatic rings. The molecule has 2 aromatic heterocycles. The standard InChI is InChI=1S/C16H15FN6OS/c1-9-13-19-20-14(15-18-10(2)21-25-15)23(13)7-6-22(9)16(24)11-4-3-5-12(17)8-11/h3-5,8-9H,6-7H2,1-2H3. The van der Waals surface area contributed by atoms with Gasteiger partial charge in [-0.15, -0.1) is 10.2 Å². The molecule has 1 aliphatic heterocycles. The van der Waals surface area contributed by atoms with Gasteiger partial charge in [0.05, 0.1) is 6.04 Å². The van der Waals surface area contributed by atoms with E-state index in [-0.39, 0.29) is 11.9 Å². The Morgan fingerprint density at radius 3 is 2.88 bits per heavy atom. The summed E-state index contributed by atoms with van der Waals surface area (Å²) in [6.07, 6.45) is 0. The van der Waals surface area contributed by atoms with Gasteiger partial charge in [-0.25, -0.2) is 9.37 Å². The van der Waals surface area contributed by atoms with Gasteiger partial charge >= 0.3 is 0 Å². The third-order valence-corrected chi connectivity index (χ3v) is 5.04. The summed E-state index contributed by atoms with van der Waals surface area (Å²) in [6, 6.07) is 5.47. The first-order valence-corrected chi connectivity index (χ1v) is 8.62. The molecule has 128 valence electrons. The van der Waals surface area contributed by atoms with E-state index >= 15 is 0 Å². The number of hydrogen-bond acceptors (Lipinski definition) is 6. The zero-order chi connectivity index (χ0) is 17.6. The third-order valence-electron chi connectivity index (χ3n) is 4.24. The van der Waals surface area contributed by atoms with Crippen molar-refractivity contribution < 1.29 is 9.18 Å². The maximum atomic E-state index is 13.4. The molecule has 0 aliphatic carbocycles. The Labute approximate surface area is 147 Å². The van der Waals surface area contributed by atoms with Crippen molar-refractivity contribution in [3.8, 4) is 10.8 Å². The second-order valence-corrected chi connectivity index (χ2v) is 6.62. The Balaban J connectivity index is 1.65. The molecule has 7 nitrogen and oxygen atoms in total. The number of carbonyl (C=O) groups is 1. The van der Waals surface area contributed by atoms with Crippen molar-refractivity contribution in [1.82, 2.24) is 29.0 Å². The average molecular weight is 358 g/mol. The van der Waals surface area contributed by atoms with Crippen LogP contribution < -0.4 is 0 Å². The average Bonchev–Trinajstić information content (AvgIpc) is 3.21. The van der Waals surface area contributed by atoms with Gasteiger partial charge in [0.15, 0.2) is 16.7 Å². The lowest BCUT2D eigenvalue weighted by atomic mass is 10.1. The smallest absolute Gasteiger partial charge is 0.254 e. The van der Waals surface area contributed by atoms with E-state index in [9.17, 15) is 9.18 Å². The fourth-order valence-corrected chi connectivity index (χ4v) is 3.66. The second kappa shape index (κ2) is 5.99. The number of carbonyl (C=O) groups excluding carboxylic acids is 1. The van der Waals surface area contributed by atoms with Gasteiger partial charge in [-0.1, -0.05) is 6.07 Å². The van der Waals surface area contributed by atoms with Gasteiger partial charge in [-0.3, -0.25) is 4.79 Å². The number of halogens is 1. The summed E-state index contributed by atoms with van der Waals surface area (Å²) in [7, 11) is 0. The summed E-state index contributed by atoms with van der Waals surface area (Å²) in [5.41, 5.74) is 0.333. The predicted molar refractivity (Wildman–Crippen MR) is 89.5 cm³/mol. The Morgan fingerprint density at radius 2 is 2.16 bits per heavy atom. The summed E-state index contributed by atoms with van der Waals surface area (Å²) < 4.78 is 19.6. The van der Waals surface area contributed by atoms with Gasteiger partial charge in [0.1, 0.15) is 11.6 Å². The van der Waals surface area contributed by atoms with Crippen LogP contribution in [-0.4, -0.2) is 41.5 Å². The molecule has 0 N–H and O–H groups in total. The normalized spacial score (nSPS) is 16.8. The van der Waals surface area contributed by atoms with Crippen LogP contribution in [0.25, 0.3) is 10.8 Å². The minimum atomic E-state index is -0.424. The van der Waals surface area contributed by atoms with E-state index in [2.05, 4.69) is 19.6 Å². The van der Waals surface area contributed by atoms with E-state index in [0.29, 0.717) is 41.1 Å². The summed E-state index contributed by atoms with van der Waals surface area (Å²) >= 11 is 1.28. The highest BCUT2D eigenvalue weighted by Gasteiger charge is 2.32. The lowest BCUT2D eigenvalue weighted by Crippen LogP contribution is -2.41. The quantitative estimate of drug-likeness (QED) is 0.703. The molecule has 9 heteroatoms. The van der Waals surface area contributed by atoms with Crippen molar-refractivity contribution in [3.05, 3.63) is 47.3 Å². The van der Waals surface area contributed by atoms with Crippen molar-refractivity contribution in [1.29, 1.82) is 0 Å². The summed E-state index contributed by atoms with van der Waals surface area (Å²) in [6.45, 7) is 4.77. The van der Waals surface area contributed by atoms with E-state index in [0.717, 1.165) is 0 Å². The monoisotopic (exact) mass is 358 g/mol. The highest BCUT2D eigenvalue weighted by molar-refractivity contribution is 7.09. The van der Waals surface area contributed by atoms with E-state index < -0.39 is 5.82 Å². The fourth-order valence-electron chi connectivity index (χ4n) is 3.00. The Kier molecular flexibility index (Phi) is 3.79. The molecule has 1 aromatic carbocycles. The molecule has 25 heavy (non-hydrogen) atoms. The van der Waals surface area contributed by atoms with Gasteiger partial charge in [-0.05, 0) is 43.6 Å². The molecule has 0 spiro atoms. The van der Waals surface area contributed by atoms with Crippen LogP contribution in [0.4, 0.5) is 4.39 Å². The lowest BCUT2D eigenvalue weighted by Gasteiger charge is -2.33. The van der Waals surface area contributed by atoms with Gasteiger partial charge in [0.25, 0.3) is 5.91 Å². The zero-order valence-corrected chi connectivity index (χ0v) is 14.5. The van der Waals surface area contributed by atoms with Crippen molar-refractivity contribution >= 4 is 17.4 Å². The Hall–Kier alpha value is -2.68. The molecule has 0 saturated carbocycles. The van der Waals surface area contributed by atoms with Crippen molar-refractivity contribution in [2.24, 2.45) is 0 Å². The van der Waals surface area contributed by atoms with Crippen LogP contribution in [0.2, 0.25) is 0 Å². The fraction of sp³-hybridized carbons (Fsp3) is 0.312. The topological polar surface area (TPSA) is 76.8 Å². The molecule has 1 amide bonds. The molecule has 1 unspecified atom stereocenters. The minimum Gasteiger partial charge on any atom is -0.327 e. The minimum absolute atomic E-state index is 0.213. The Bertz CT molecular complexity index is 952. The first-order chi connectivity index (χ1) is 12.0. The van der Waals surface area contributed by atoms with Crippen LogP contribution in [0.3, 0.4) is 0 Å². The van der Waals surface area contributed by atoms with E-state index in [1.807, 2.05) is 18.4 Å². The van der Waals surface area contributed by atoms with Gasteiger partial charge in [0.2, 0.25) is 0 Å². The molecule has 0 fully saturated rings. The SMILES string of the molecule is Cc1nsc(-c2nnc3n2CCN(C(=O)c2cccc(F)c2)C3C)n1. The summed E-state index contributed by atoms with van der Waals surface area (Å²) in [5.74, 6) is 1.43. The molecular weight excluding hydrogens is 343 g/mol. The lowest BCUT2D eigenvalue weighted by molar-refractivity contribution is 0.0638. The first-order valence-electron chi connectivity index (χ1n) is 7.85. The predicted octanol–water partition coefficient (Wildman–Crippen LogP) is 2.46. The highest BCUT2D eigenvalue weighted by Crippen LogP contribution is 2.30. The molecule has 0 bridgehead atoms. The summed E-state index contributed by atoms with van der Waals surface area (Å²) in [5, 5.41) is 9.20. The van der Waals surface area contributed by atoms with Crippen LogP contribution in [0.5, 0.6) is 0 Å². The summed E-state index contributed by atoms with van der Waals surface area (Å²) in [4.78, 5) is 18.8. The number of benzene rings is 1. The number of nitrogens with zero attached hydrogens (tertiary/aromatic N) is 6. The highest BCUT2D eigenvalue weighted by atomic mass is 32.1. The molecule has 0 saturated heterocycles. The number of hydrogen-bond donors (Lipinski definition) is 0. The molecule has 1 aliphatic rings. The van der Waals surface area contributed by atoms with Crippen LogP contribution >= 0.6 is 11.5 Å².